The van der Waals surface area contributed by atoms with E-state index >= 15 is 0 Å². The van der Waals surface area contributed by atoms with Gasteiger partial charge in [-0.2, -0.15) is 0 Å². The molecule has 5 atom stereocenters. The van der Waals surface area contributed by atoms with Crippen LogP contribution in [0.2, 0.25) is 0 Å². The molecule has 2 heterocycles. The number of benzene rings is 3. The molecular weight excluding hydrogens is 592 g/mol. The predicted molar refractivity (Wildman–Crippen MR) is 144 cm³/mol. The maximum absolute atomic E-state index is 13.5. The number of carbonyl (C=O) groups excluding carboxylic acids is 1. The van der Waals surface area contributed by atoms with Crippen LogP contribution < -0.4 is 10.2 Å². The Morgan fingerprint density at radius 3 is 2.14 bits per heavy atom. The van der Waals surface area contributed by atoms with Crippen LogP contribution in [0.3, 0.4) is 0 Å². The van der Waals surface area contributed by atoms with Crippen LogP contribution in [0, 0.1) is 0 Å². The summed E-state index contributed by atoms with van der Waals surface area (Å²) < 4.78 is 22.0. The van der Waals surface area contributed by atoms with Crippen LogP contribution in [0.15, 0.2) is 51.7 Å². The van der Waals surface area contributed by atoms with Gasteiger partial charge in [0, 0.05) is 17.7 Å². The molecule has 0 bridgehead atoms. The Morgan fingerprint density at radius 2 is 1.50 bits per heavy atom. The molecule has 10 N–H and O–H groups in total. The van der Waals surface area contributed by atoms with Gasteiger partial charge in [-0.05, 0) is 30.3 Å². The first-order valence-corrected chi connectivity index (χ1v) is 12.6. The zero-order valence-corrected chi connectivity index (χ0v) is 22.1. The first-order chi connectivity index (χ1) is 20.8. The third-order valence-corrected chi connectivity index (χ3v) is 6.76. The van der Waals surface area contributed by atoms with E-state index in [0.29, 0.717) is 0 Å². The molecule has 1 aromatic heterocycles. The van der Waals surface area contributed by atoms with Crippen LogP contribution in [-0.4, -0.2) is 94.3 Å². The van der Waals surface area contributed by atoms with Crippen LogP contribution in [0.4, 0.5) is 0 Å². The molecule has 4 aromatic rings. The highest BCUT2D eigenvalue weighted by atomic mass is 16.7. The molecule has 16 heteroatoms. The number of fused-ring (bicyclic) bond motifs is 1. The third kappa shape index (κ3) is 5.29. The number of hydrogen-bond donors (Lipinski definition) is 10. The smallest absolute Gasteiger partial charge is 0.338 e. The lowest BCUT2D eigenvalue weighted by molar-refractivity contribution is -0.277. The number of ether oxygens (including phenoxy) is 3. The molecule has 0 spiro atoms. The van der Waals surface area contributed by atoms with Crippen molar-refractivity contribution >= 4 is 16.9 Å². The van der Waals surface area contributed by atoms with E-state index in [2.05, 4.69) is 0 Å². The lowest BCUT2D eigenvalue weighted by Crippen LogP contribution is -2.61. The number of esters is 1. The van der Waals surface area contributed by atoms with Gasteiger partial charge in [0.05, 0.1) is 12.2 Å². The van der Waals surface area contributed by atoms with E-state index in [1.807, 2.05) is 0 Å². The fraction of sp³-hybridized carbons (Fsp3) is 0.214. The number of phenols is 7. The number of aliphatic hydroxyl groups excluding tert-OH is 3. The van der Waals surface area contributed by atoms with Gasteiger partial charge in [0.2, 0.25) is 17.5 Å². The van der Waals surface area contributed by atoms with E-state index in [1.165, 1.54) is 6.07 Å². The summed E-state index contributed by atoms with van der Waals surface area (Å²) in [7, 11) is 0. The summed E-state index contributed by atoms with van der Waals surface area (Å²) in [5.74, 6) is -7.40. The van der Waals surface area contributed by atoms with Gasteiger partial charge in [0.15, 0.2) is 40.6 Å². The lowest BCUT2D eigenvalue weighted by atomic mass is 9.98. The fourth-order valence-electron chi connectivity index (χ4n) is 4.56. The van der Waals surface area contributed by atoms with Gasteiger partial charge in [-0.3, -0.25) is 4.79 Å². The van der Waals surface area contributed by atoms with E-state index in [0.717, 1.165) is 36.4 Å². The normalized spacial score (nSPS) is 21.7. The second kappa shape index (κ2) is 11.3. The van der Waals surface area contributed by atoms with Gasteiger partial charge < -0.3 is 69.7 Å². The standard InChI is InChI=1S/C28H24O16/c29-8-18-25(43-27(40)10-4-15(34)20(36)16(35)5-10)22(38)23(39)28(42-18)44-26-21(37)19-14(33)6-11(30)7-17(19)41-24(26)9-1-2-12(31)13(32)3-9/h1-7,18,22-23,25,28-36,38-39H,8H2. The summed E-state index contributed by atoms with van der Waals surface area (Å²) >= 11 is 0. The zero-order chi connectivity index (χ0) is 32.0. The summed E-state index contributed by atoms with van der Waals surface area (Å²) in [4.78, 5) is 26.2. The largest absolute Gasteiger partial charge is 0.508 e. The molecule has 0 aliphatic carbocycles. The second-order valence-corrected chi connectivity index (χ2v) is 9.69. The van der Waals surface area contributed by atoms with Crippen LogP contribution in [0.5, 0.6) is 46.0 Å². The highest BCUT2D eigenvalue weighted by molar-refractivity contribution is 5.91. The summed E-state index contributed by atoms with van der Waals surface area (Å²) in [6, 6.07) is 6.62. The third-order valence-electron chi connectivity index (χ3n) is 6.76. The van der Waals surface area contributed by atoms with Crippen LogP contribution >= 0.6 is 0 Å². The highest BCUT2D eigenvalue weighted by Gasteiger charge is 2.48. The van der Waals surface area contributed by atoms with Gasteiger partial charge in [-0.25, -0.2) is 4.79 Å². The molecule has 3 aromatic carbocycles. The Morgan fingerprint density at radius 1 is 0.818 bits per heavy atom. The fourth-order valence-corrected chi connectivity index (χ4v) is 4.56. The quantitative estimate of drug-likeness (QED) is 0.104. The number of rotatable bonds is 6. The van der Waals surface area contributed by atoms with Crippen molar-refractivity contribution in [2.75, 3.05) is 6.61 Å². The Hall–Kier alpha value is -5.42. The maximum Gasteiger partial charge on any atom is 0.338 e. The number of aromatic hydroxyl groups is 7. The minimum Gasteiger partial charge on any atom is -0.508 e. The van der Waals surface area contributed by atoms with Gasteiger partial charge in [0.25, 0.3) is 0 Å². The molecule has 16 nitrogen and oxygen atoms in total. The average Bonchev–Trinajstić information content (AvgIpc) is 2.97. The topological polar surface area (TPSA) is 277 Å². The maximum atomic E-state index is 13.5. The second-order valence-electron chi connectivity index (χ2n) is 9.69. The van der Waals surface area contributed by atoms with Gasteiger partial charge in [-0.15, -0.1) is 0 Å². The van der Waals surface area contributed by atoms with E-state index < -0.39 is 111 Å². The molecule has 1 fully saturated rings. The summed E-state index contributed by atoms with van der Waals surface area (Å²) in [6.45, 7) is -0.932. The van der Waals surface area contributed by atoms with Gasteiger partial charge >= 0.3 is 5.97 Å². The molecule has 232 valence electrons. The molecule has 0 radical (unpaired) electrons. The number of phenolic OH excluding ortho intramolecular Hbond substituents is 7. The van der Waals surface area contributed by atoms with Crippen molar-refractivity contribution in [3.63, 3.8) is 0 Å². The van der Waals surface area contributed by atoms with Crippen molar-refractivity contribution in [3.8, 4) is 57.3 Å². The Bertz CT molecular complexity index is 1790. The van der Waals surface area contributed by atoms with E-state index in [9.17, 15) is 60.7 Å². The molecule has 0 amide bonds. The molecule has 1 saturated heterocycles. The van der Waals surface area contributed by atoms with Gasteiger partial charge in [-0.1, -0.05) is 0 Å². The minimum atomic E-state index is -2.08. The number of hydrogen-bond acceptors (Lipinski definition) is 16. The molecule has 1 aliphatic heterocycles. The minimum absolute atomic E-state index is 0.0612. The molecule has 5 unspecified atom stereocenters. The van der Waals surface area contributed by atoms with Crippen molar-refractivity contribution in [1.82, 2.24) is 0 Å². The molecule has 44 heavy (non-hydrogen) atoms. The SMILES string of the molecule is O=C(OC1C(CO)OC(Oc2c(-c3ccc(O)c(O)c3)oc3cc(O)cc(O)c3c2=O)C(O)C1O)c1cc(O)c(O)c(O)c1. The van der Waals surface area contributed by atoms with Crippen molar-refractivity contribution in [2.24, 2.45) is 0 Å². The van der Waals surface area contributed by atoms with E-state index in [-0.39, 0.29) is 11.1 Å². The summed E-state index contributed by atoms with van der Waals surface area (Å²) in [6.07, 6.45) is -9.44. The monoisotopic (exact) mass is 616 g/mol. The van der Waals surface area contributed by atoms with Crippen molar-refractivity contribution in [2.45, 2.75) is 30.7 Å². The number of aliphatic hydroxyl groups is 3. The van der Waals surface area contributed by atoms with Crippen molar-refractivity contribution in [1.29, 1.82) is 0 Å². The van der Waals surface area contributed by atoms with E-state index in [1.54, 1.807) is 0 Å². The highest BCUT2D eigenvalue weighted by Crippen LogP contribution is 2.40. The Labute approximate surface area is 244 Å². The van der Waals surface area contributed by atoms with Crippen LogP contribution in [0.1, 0.15) is 10.4 Å². The van der Waals surface area contributed by atoms with Gasteiger partial charge in [0.1, 0.15) is 40.8 Å². The van der Waals surface area contributed by atoms with Crippen molar-refractivity contribution in [3.05, 3.63) is 58.3 Å². The van der Waals surface area contributed by atoms with Crippen LogP contribution in [0.25, 0.3) is 22.3 Å². The zero-order valence-electron chi connectivity index (χ0n) is 22.1. The molecule has 1 aliphatic rings. The molecule has 5 rings (SSSR count). The first-order valence-electron chi connectivity index (χ1n) is 12.6. The van der Waals surface area contributed by atoms with Crippen molar-refractivity contribution < 1.29 is 74.5 Å². The first kappa shape index (κ1) is 30.1. The molecule has 0 saturated carbocycles. The molecular formula is C28H24O16. The Balaban J connectivity index is 1.51. The predicted octanol–water partition coefficient (Wildman–Crippen LogP) is 0.443. The Kier molecular flexibility index (Phi) is 7.75. The summed E-state index contributed by atoms with van der Waals surface area (Å²) in [5.41, 5.74) is -1.92. The van der Waals surface area contributed by atoms with Crippen LogP contribution in [-0.2, 0) is 9.47 Å². The average molecular weight is 616 g/mol. The van der Waals surface area contributed by atoms with E-state index in [4.69, 9.17) is 18.6 Å². The number of carbonyl (C=O) groups is 1. The lowest BCUT2D eigenvalue weighted by Gasteiger charge is -2.41. The summed E-state index contributed by atoms with van der Waals surface area (Å²) in [5, 5.41) is 100.0.